The van der Waals surface area contributed by atoms with Crippen LogP contribution in [0.5, 0.6) is 11.5 Å². The second-order valence-corrected chi connectivity index (χ2v) is 8.13. The van der Waals surface area contributed by atoms with Crippen LogP contribution in [0.15, 0.2) is 40.1 Å². The first-order valence-corrected chi connectivity index (χ1v) is 10.1. The number of hydrogen-bond donors (Lipinski definition) is 2. The lowest BCUT2D eigenvalue weighted by Crippen LogP contribution is -2.44. The van der Waals surface area contributed by atoms with Crippen LogP contribution in [0, 0.1) is 13.8 Å². The van der Waals surface area contributed by atoms with Crippen molar-refractivity contribution in [2.24, 2.45) is 0 Å². The van der Waals surface area contributed by atoms with Gasteiger partial charge in [-0.05, 0) is 26.0 Å². The first kappa shape index (κ1) is 19.9. The standard InChI is InChI=1S/C20H20N4O5S/c1-11-17(30-12(2)22-11)19(26)24(8-13-7-21-20(27)23-18(13)25)9-14-10-28-15-5-3-4-6-16(15)29-14/h3-7,14H,8-10H2,1-2H3,(H2,21,23,25,27). The number of rotatable bonds is 5. The first-order chi connectivity index (χ1) is 14.4. The van der Waals surface area contributed by atoms with Gasteiger partial charge < -0.3 is 19.4 Å². The van der Waals surface area contributed by atoms with Crippen molar-refractivity contribution in [1.82, 2.24) is 19.9 Å². The Kier molecular flexibility index (Phi) is 5.40. The number of para-hydroxylation sites is 2. The number of hydrogen-bond acceptors (Lipinski definition) is 7. The molecule has 1 unspecified atom stereocenters. The highest BCUT2D eigenvalue weighted by molar-refractivity contribution is 7.13. The Morgan fingerprint density at radius 1 is 1.27 bits per heavy atom. The van der Waals surface area contributed by atoms with Gasteiger partial charge in [-0.3, -0.25) is 14.6 Å². The summed E-state index contributed by atoms with van der Waals surface area (Å²) in [5, 5.41) is 0.781. The van der Waals surface area contributed by atoms with Crippen molar-refractivity contribution in [3.63, 3.8) is 0 Å². The molecule has 1 atom stereocenters. The molecule has 156 valence electrons. The van der Waals surface area contributed by atoms with Gasteiger partial charge in [0.15, 0.2) is 17.6 Å². The van der Waals surface area contributed by atoms with E-state index in [1.807, 2.05) is 25.1 Å². The van der Waals surface area contributed by atoms with E-state index in [-0.39, 0.29) is 31.2 Å². The monoisotopic (exact) mass is 428 g/mol. The maximum absolute atomic E-state index is 13.3. The molecule has 0 fully saturated rings. The van der Waals surface area contributed by atoms with E-state index in [2.05, 4.69) is 15.0 Å². The molecular formula is C20H20N4O5S. The average molecular weight is 428 g/mol. The third-order valence-corrected chi connectivity index (χ3v) is 5.69. The number of carbonyl (C=O) groups excluding carboxylic acids is 1. The quantitative estimate of drug-likeness (QED) is 0.638. The van der Waals surface area contributed by atoms with Crippen molar-refractivity contribution >= 4 is 17.2 Å². The molecule has 0 bridgehead atoms. The summed E-state index contributed by atoms with van der Waals surface area (Å²) in [6, 6.07) is 7.32. The van der Waals surface area contributed by atoms with Crippen LogP contribution in [0.2, 0.25) is 0 Å². The molecule has 0 saturated carbocycles. The van der Waals surface area contributed by atoms with Gasteiger partial charge in [0.05, 0.1) is 29.4 Å². The number of amides is 1. The molecule has 10 heteroatoms. The Hall–Kier alpha value is -3.40. The topological polar surface area (TPSA) is 117 Å². The zero-order valence-corrected chi connectivity index (χ0v) is 17.2. The van der Waals surface area contributed by atoms with Crippen molar-refractivity contribution in [3.05, 3.63) is 72.4 Å². The molecule has 1 aromatic carbocycles. The minimum absolute atomic E-state index is 0.00282. The minimum Gasteiger partial charge on any atom is -0.486 e. The fourth-order valence-corrected chi connectivity index (χ4v) is 4.14. The lowest BCUT2D eigenvalue weighted by molar-refractivity contribution is 0.0445. The summed E-state index contributed by atoms with van der Waals surface area (Å²) in [5.74, 6) is 0.997. The normalized spacial score (nSPS) is 15.1. The molecule has 0 saturated heterocycles. The van der Waals surface area contributed by atoms with Crippen molar-refractivity contribution in [3.8, 4) is 11.5 Å². The van der Waals surface area contributed by atoms with Gasteiger partial charge >= 0.3 is 5.69 Å². The van der Waals surface area contributed by atoms with Crippen LogP contribution in [0.4, 0.5) is 0 Å². The summed E-state index contributed by atoms with van der Waals surface area (Å²) in [5.41, 5.74) is -0.246. The van der Waals surface area contributed by atoms with Crippen molar-refractivity contribution in [2.75, 3.05) is 13.2 Å². The van der Waals surface area contributed by atoms with E-state index in [1.165, 1.54) is 22.4 Å². The van der Waals surface area contributed by atoms with Gasteiger partial charge in [0.2, 0.25) is 0 Å². The second-order valence-electron chi connectivity index (χ2n) is 6.93. The summed E-state index contributed by atoms with van der Waals surface area (Å²) in [7, 11) is 0. The van der Waals surface area contributed by atoms with E-state index in [1.54, 1.807) is 13.0 Å². The minimum atomic E-state index is -0.601. The number of nitrogens with one attached hydrogen (secondary N) is 2. The Morgan fingerprint density at radius 3 is 2.73 bits per heavy atom. The fourth-order valence-electron chi connectivity index (χ4n) is 3.25. The van der Waals surface area contributed by atoms with Gasteiger partial charge in [-0.2, -0.15) is 0 Å². The molecule has 1 amide bonds. The molecular weight excluding hydrogens is 408 g/mol. The van der Waals surface area contributed by atoms with Crippen LogP contribution in [-0.2, 0) is 6.54 Å². The maximum atomic E-state index is 13.3. The van der Waals surface area contributed by atoms with Crippen molar-refractivity contribution < 1.29 is 14.3 Å². The molecule has 0 radical (unpaired) electrons. The van der Waals surface area contributed by atoms with Gasteiger partial charge in [0.1, 0.15) is 11.5 Å². The molecule has 1 aliphatic rings. The van der Waals surface area contributed by atoms with Crippen molar-refractivity contribution in [2.45, 2.75) is 26.5 Å². The number of carbonyl (C=O) groups is 1. The fraction of sp³-hybridized carbons (Fsp3) is 0.300. The Morgan fingerprint density at radius 2 is 2.03 bits per heavy atom. The molecule has 3 aromatic rings. The summed E-state index contributed by atoms with van der Waals surface area (Å²) >= 11 is 1.30. The molecule has 1 aliphatic heterocycles. The number of ether oxygens (including phenoxy) is 2. The number of aromatic nitrogens is 3. The lowest BCUT2D eigenvalue weighted by Gasteiger charge is -2.31. The van der Waals surface area contributed by atoms with E-state index >= 15 is 0 Å². The van der Waals surface area contributed by atoms with Gasteiger partial charge in [0.25, 0.3) is 11.5 Å². The zero-order valence-electron chi connectivity index (χ0n) is 16.4. The van der Waals surface area contributed by atoms with Gasteiger partial charge in [-0.15, -0.1) is 11.3 Å². The van der Waals surface area contributed by atoms with E-state index in [4.69, 9.17) is 9.47 Å². The molecule has 2 aromatic heterocycles. The van der Waals surface area contributed by atoms with Crippen LogP contribution in [0.25, 0.3) is 0 Å². The third kappa shape index (κ3) is 4.13. The highest BCUT2D eigenvalue weighted by atomic mass is 32.1. The predicted molar refractivity (Wildman–Crippen MR) is 110 cm³/mol. The molecule has 0 spiro atoms. The molecule has 0 aliphatic carbocycles. The summed E-state index contributed by atoms with van der Waals surface area (Å²) < 4.78 is 11.7. The largest absolute Gasteiger partial charge is 0.486 e. The molecule has 2 N–H and O–H groups in total. The number of thiazole rings is 1. The van der Waals surface area contributed by atoms with Crippen LogP contribution in [-0.4, -0.2) is 45.0 Å². The van der Waals surface area contributed by atoms with E-state index in [9.17, 15) is 14.4 Å². The number of nitrogens with zero attached hydrogens (tertiary/aromatic N) is 2. The number of fused-ring (bicyclic) bond motifs is 1. The SMILES string of the molecule is Cc1nc(C)c(C(=O)N(Cc2c[nH]c(=O)[nH]c2=O)CC2COc3ccccc3O2)s1. The summed E-state index contributed by atoms with van der Waals surface area (Å²) in [6.45, 7) is 4.08. The van der Waals surface area contributed by atoms with Gasteiger partial charge in [0, 0.05) is 6.20 Å². The summed E-state index contributed by atoms with van der Waals surface area (Å²) in [4.78, 5) is 47.8. The Labute approximate surface area is 175 Å². The summed E-state index contributed by atoms with van der Waals surface area (Å²) in [6.07, 6.45) is 0.903. The number of aryl methyl sites for hydroxylation is 2. The van der Waals surface area contributed by atoms with Gasteiger partial charge in [-0.25, -0.2) is 9.78 Å². The second kappa shape index (κ2) is 8.15. The van der Waals surface area contributed by atoms with Crippen LogP contribution >= 0.6 is 11.3 Å². The predicted octanol–water partition coefficient (Wildman–Crippen LogP) is 1.62. The Balaban J connectivity index is 1.61. The van der Waals surface area contributed by atoms with Crippen LogP contribution in [0.1, 0.15) is 25.9 Å². The number of benzene rings is 1. The molecule has 30 heavy (non-hydrogen) atoms. The van der Waals surface area contributed by atoms with E-state index < -0.39 is 17.4 Å². The highest BCUT2D eigenvalue weighted by Gasteiger charge is 2.28. The first-order valence-electron chi connectivity index (χ1n) is 9.33. The molecule has 4 rings (SSSR count). The lowest BCUT2D eigenvalue weighted by atomic mass is 10.2. The smallest absolute Gasteiger partial charge is 0.325 e. The number of aromatic amines is 2. The molecule has 3 heterocycles. The van der Waals surface area contributed by atoms with Gasteiger partial charge in [-0.1, -0.05) is 12.1 Å². The van der Waals surface area contributed by atoms with Crippen LogP contribution < -0.4 is 20.7 Å². The third-order valence-electron chi connectivity index (χ3n) is 4.63. The Bertz CT molecular complexity index is 1200. The average Bonchev–Trinajstić information content (AvgIpc) is 3.06. The maximum Gasteiger partial charge on any atom is 0.325 e. The van der Waals surface area contributed by atoms with E-state index in [0.717, 1.165) is 5.01 Å². The van der Waals surface area contributed by atoms with Crippen molar-refractivity contribution in [1.29, 1.82) is 0 Å². The van der Waals surface area contributed by atoms with Crippen LogP contribution in [0.3, 0.4) is 0 Å². The van der Waals surface area contributed by atoms with E-state index in [0.29, 0.717) is 22.1 Å². The molecule has 9 nitrogen and oxygen atoms in total. The number of H-pyrrole nitrogens is 2. The highest BCUT2D eigenvalue weighted by Crippen LogP contribution is 2.31. The zero-order chi connectivity index (χ0) is 21.3.